The summed E-state index contributed by atoms with van der Waals surface area (Å²) in [7, 11) is 4.13. The van der Waals surface area contributed by atoms with Gasteiger partial charge in [0.25, 0.3) is 0 Å². The standard InChI is InChI=1S/C13H24N6O/c1-9(2)20-13-16-11(14)15-12(17-13)19(4)8-10-6-5-7-18(10)3/h9-10H,5-8H2,1-4H3,(H2,14,15,16,17). The molecule has 7 heteroatoms. The maximum Gasteiger partial charge on any atom is 0.323 e. The lowest BCUT2D eigenvalue weighted by atomic mass is 10.2. The highest BCUT2D eigenvalue weighted by Crippen LogP contribution is 2.19. The molecule has 0 aromatic carbocycles. The van der Waals surface area contributed by atoms with Gasteiger partial charge in [-0.05, 0) is 40.3 Å². The van der Waals surface area contributed by atoms with E-state index < -0.39 is 0 Å². The van der Waals surface area contributed by atoms with Crippen LogP contribution in [0.15, 0.2) is 0 Å². The van der Waals surface area contributed by atoms with Crippen LogP contribution in [0, 0.1) is 0 Å². The number of aromatic nitrogens is 3. The fourth-order valence-electron chi connectivity index (χ4n) is 2.40. The lowest BCUT2D eigenvalue weighted by Crippen LogP contribution is -2.37. The number of hydrogen-bond acceptors (Lipinski definition) is 7. The van der Waals surface area contributed by atoms with Gasteiger partial charge in [0.2, 0.25) is 11.9 Å². The van der Waals surface area contributed by atoms with Crippen LogP contribution >= 0.6 is 0 Å². The van der Waals surface area contributed by atoms with Gasteiger partial charge >= 0.3 is 6.01 Å². The van der Waals surface area contributed by atoms with E-state index in [9.17, 15) is 0 Å². The average molecular weight is 280 g/mol. The molecule has 1 saturated heterocycles. The topological polar surface area (TPSA) is 80.4 Å². The average Bonchev–Trinajstić information content (AvgIpc) is 2.73. The van der Waals surface area contributed by atoms with Crippen molar-refractivity contribution in [2.75, 3.05) is 37.8 Å². The summed E-state index contributed by atoms with van der Waals surface area (Å²) in [6.07, 6.45) is 2.46. The van der Waals surface area contributed by atoms with Crippen LogP contribution in [0.25, 0.3) is 0 Å². The Morgan fingerprint density at radius 3 is 2.75 bits per heavy atom. The second-order valence-electron chi connectivity index (χ2n) is 5.60. The zero-order valence-electron chi connectivity index (χ0n) is 12.7. The van der Waals surface area contributed by atoms with Gasteiger partial charge in [0.15, 0.2) is 0 Å². The molecule has 0 bridgehead atoms. The first-order chi connectivity index (χ1) is 9.45. The van der Waals surface area contributed by atoms with Crippen molar-refractivity contribution >= 4 is 11.9 Å². The molecule has 1 aromatic heterocycles. The van der Waals surface area contributed by atoms with Gasteiger partial charge in [-0.2, -0.15) is 15.0 Å². The SMILES string of the molecule is CC(C)Oc1nc(N)nc(N(C)CC2CCCN2C)n1. The van der Waals surface area contributed by atoms with Crippen LogP contribution in [-0.2, 0) is 0 Å². The summed E-state index contributed by atoms with van der Waals surface area (Å²) in [5.74, 6) is 0.755. The highest BCUT2D eigenvalue weighted by atomic mass is 16.5. The minimum Gasteiger partial charge on any atom is -0.461 e. The molecule has 1 fully saturated rings. The van der Waals surface area contributed by atoms with E-state index in [1.165, 1.54) is 12.8 Å². The van der Waals surface area contributed by atoms with Gasteiger partial charge in [-0.1, -0.05) is 0 Å². The molecule has 1 aliphatic heterocycles. The van der Waals surface area contributed by atoms with E-state index in [2.05, 4.69) is 26.9 Å². The summed E-state index contributed by atoms with van der Waals surface area (Å²) in [6, 6.07) is 0.821. The number of nitrogen functional groups attached to an aromatic ring is 1. The van der Waals surface area contributed by atoms with Crippen LogP contribution in [0.1, 0.15) is 26.7 Å². The molecule has 7 nitrogen and oxygen atoms in total. The molecule has 1 atom stereocenters. The predicted octanol–water partition coefficient (Wildman–Crippen LogP) is 0.771. The van der Waals surface area contributed by atoms with Crippen LogP contribution in [0.4, 0.5) is 11.9 Å². The van der Waals surface area contributed by atoms with Gasteiger partial charge < -0.3 is 20.3 Å². The summed E-state index contributed by atoms with van der Waals surface area (Å²) in [5.41, 5.74) is 5.73. The molecule has 1 aliphatic rings. The number of likely N-dealkylation sites (tertiary alicyclic amines) is 1. The number of ether oxygens (including phenoxy) is 1. The molecule has 0 spiro atoms. The van der Waals surface area contributed by atoms with Gasteiger partial charge in [-0.3, -0.25) is 0 Å². The third-order valence-corrected chi connectivity index (χ3v) is 3.46. The molecule has 1 unspecified atom stereocenters. The van der Waals surface area contributed by atoms with Crippen molar-refractivity contribution in [3.63, 3.8) is 0 Å². The van der Waals surface area contributed by atoms with Crippen LogP contribution in [0.2, 0.25) is 0 Å². The van der Waals surface area contributed by atoms with Crippen molar-refractivity contribution in [3.8, 4) is 6.01 Å². The third kappa shape index (κ3) is 3.69. The molecular formula is C13H24N6O. The fraction of sp³-hybridized carbons (Fsp3) is 0.769. The summed E-state index contributed by atoms with van der Waals surface area (Å²) < 4.78 is 5.50. The Morgan fingerprint density at radius 1 is 1.40 bits per heavy atom. The molecule has 0 radical (unpaired) electrons. The molecule has 0 amide bonds. The van der Waals surface area contributed by atoms with Gasteiger partial charge in [-0.15, -0.1) is 0 Å². The lowest BCUT2D eigenvalue weighted by molar-refractivity contribution is 0.222. The number of nitrogens with two attached hydrogens (primary N) is 1. The Kier molecular flexibility index (Phi) is 4.59. The molecule has 20 heavy (non-hydrogen) atoms. The highest BCUT2D eigenvalue weighted by Gasteiger charge is 2.23. The van der Waals surface area contributed by atoms with Gasteiger partial charge in [0.05, 0.1) is 6.10 Å². The second kappa shape index (κ2) is 6.21. The number of anilines is 2. The zero-order valence-corrected chi connectivity index (χ0v) is 12.7. The smallest absolute Gasteiger partial charge is 0.323 e. The lowest BCUT2D eigenvalue weighted by Gasteiger charge is -2.26. The van der Waals surface area contributed by atoms with E-state index in [0.717, 1.165) is 13.1 Å². The Bertz CT molecular complexity index is 452. The molecule has 0 saturated carbocycles. The van der Waals surface area contributed by atoms with Crippen molar-refractivity contribution < 1.29 is 4.74 Å². The Hall–Kier alpha value is -1.63. The summed E-state index contributed by atoms with van der Waals surface area (Å²) in [5, 5.41) is 0. The largest absolute Gasteiger partial charge is 0.461 e. The van der Waals surface area contributed by atoms with Crippen molar-refractivity contribution in [2.24, 2.45) is 0 Å². The van der Waals surface area contributed by atoms with Crippen molar-refractivity contribution in [1.82, 2.24) is 19.9 Å². The monoisotopic (exact) mass is 280 g/mol. The van der Waals surface area contributed by atoms with Crippen molar-refractivity contribution in [2.45, 2.75) is 38.8 Å². The Labute approximate surface area is 120 Å². The molecular weight excluding hydrogens is 256 g/mol. The second-order valence-corrected chi connectivity index (χ2v) is 5.60. The number of hydrogen-bond donors (Lipinski definition) is 1. The maximum atomic E-state index is 5.73. The van der Waals surface area contributed by atoms with Crippen molar-refractivity contribution in [3.05, 3.63) is 0 Å². The maximum absolute atomic E-state index is 5.73. The van der Waals surface area contributed by atoms with Gasteiger partial charge in [-0.25, -0.2) is 0 Å². The van der Waals surface area contributed by atoms with E-state index in [0.29, 0.717) is 12.0 Å². The quantitative estimate of drug-likeness (QED) is 0.853. The van der Waals surface area contributed by atoms with E-state index in [4.69, 9.17) is 10.5 Å². The van der Waals surface area contributed by atoms with Crippen LogP contribution in [0.5, 0.6) is 6.01 Å². The van der Waals surface area contributed by atoms with Crippen LogP contribution in [-0.4, -0.2) is 59.2 Å². The van der Waals surface area contributed by atoms with E-state index in [-0.39, 0.29) is 18.1 Å². The minimum absolute atomic E-state index is 0.0101. The van der Waals surface area contributed by atoms with Gasteiger partial charge in [0.1, 0.15) is 0 Å². The first-order valence-electron chi connectivity index (χ1n) is 7.05. The third-order valence-electron chi connectivity index (χ3n) is 3.46. The number of nitrogens with zero attached hydrogens (tertiary/aromatic N) is 5. The predicted molar refractivity (Wildman–Crippen MR) is 78.9 cm³/mol. The van der Waals surface area contributed by atoms with E-state index >= 15 is 0 Å². The molecule has 0 aliphatic carbocycles. The van der Waals surface area contributed by atoms with Crippen molar-refractivity contribution in [1.29, 1.82) is 0 Å². The van der Waals surface area contributed by atoms with Crippen LogP contribution in [0.3, 0.4) is 0 Å². The Balaban J connectivity index is 2.08. The van der Waals surface area contributed by atoms with E-state index in [1.807, 2.05) is 25.8 Å². The molecule has 2 N–H and O–H groups in total. The highest BCUT2D eigenvalue weighted by molar-refractivity contribution is 5.35. The first kappa shape index (κ1) is 14.8. The Morgan fingerprint density at radius 2 is 2.15 bits per heavy atom. The minimum atomic E-state index is 0.0101. The zero-order chi connectivity index (χ0) is 14.7. The molecule has 2 heterocycles. The first-order valence-corrected chi connectivity index (χ1v) is 7.05. The van der Waals surface area contributed by atoms with Crippen LogP contribution < -0.4 is 15.4 Å². The number of likely N-dealkylation sites (N-methyl/N-ethyl adjacent to an activating group) is 2. The van der Waals surface area contributed by atoms with Gasteiger partial charge in [0, 0.05) is 19.6 Å². The fourth-order valence-corrected chi connectivity index (χ4v) is 2.40. The molecule has 1 aromatic rings. The molecule has 2 rings (SSSR count). The normalized spacial score (nSPS) is 19.6. The summed E-state index contributed by atoms with van der Waals surface area (Å²) >= 11 is 0. The molecule has 112 valence electrons. The summed E-state index contributed by atoms with van der Waals surface area (Å²) in [4.78, 5) is 16.9. The van der Waals surface area contributed by atoms with E-state index in [1.54, 1.807) is 0 Å². The summed E-state index contributed by atoms with van der Waals surface area (Å²) in [6.45, 7) is 5.88. The number of rotatable bonds is 5.